The molecule has 84 valence electrons. The second-order valence-corrected chi connectivity index (χ2v) is 3.99. The van der Waals surface area contributed by atoms with Crippen molar-refractivity contribution in [1.82, 2.24) is 9.97 Å². The summed E-state index contributed by atoms with van der Waals surface area (Å²) in [6, 6.07) is 0. The van der Waals surface area contributed by atoms with Crippen LogP contribution in [0.2, 0.25) is 0 Å². The molecule has 0 unspecified atom stereocenters. The molecule has 0 aliphatic heterocycles. The van der Waals surface area contributed by atoms with Gasteiger partial charge in [-0.1, -0.05) is 26.7 Å². The van der Waals surface area contributed by atoms with Crippen LogP contribution in [0.15, 0.2) is 6.20 Å². The molecule has 3 nitrogen and oxygen atoms in total. The second-order valence-electron chi connectivity index (χ2n) is 3.99. The van der Waals surface area contributed by atoms with Gasteiger partial charge < -0.3 is 5.32 Å². The van der Waals surface area contributed by atoms with Crippen LogP contribution in [0.25, 0.3) is 0 Å². The molecular formula is C12H21N3. The molecule has 0 aromatic carbocycles. The first-order valence-electron chi connectivity index (χ1n) is 5.71. The maximum Gasteiger partial charge on any atom is 0.144 e. The van der Waals surface area contributed by atoms with Gasteiger partial charge in [-0.3, -0.25) is 4.98 Å². The van der Waals surface area contributed by atoms with E-state index in [0.29, 0.717) is 0 Å². The molecule has 0 aliphatic carbocycles. The van der Waals surface area contributed by atoms with E-state index in [-0.39, 0.29) is 0 Å². The summed E-state index contributed by atoms with van der Waals surface area (Å²) in [6.45, 7) is 9.41. The lowest BCUT2D eigenvalue weighted by atomic mass is 10.0. The second kappa shape index (κ2) is 5.69. The average Bonchev–Trinajstić information content (AvgIpc) is 2.24. The molecule has 0 fully saturated rings. The zero-order valence-corrected chi connectivity index (χ0v) is 10.2. The van der Waals surface area contributed by atoms with Crippen molar-refractivity contribution in [2.75, 3.05) is 11.9 Å². The van der Waals surface area contributed by atoms with Gasteiger partial charge in [-0.15, -0.1) is 0 Å². The fourth-order valence-electron chi connectivity index (χ4n) is 1.45. The van der Waals surface area contributed by atoms with Crippen LogP contribution in [0.4, 0.5) is 5.82 Å². The lowest BCUT2D eigenvalue weighted by molar-refractivity contribution is 0.518. The van der Waals surface area contributed by atoms with Crippen molar-refractivity contribution in [3.8, 4) is 0 Å². The zero-order chi connectivity index (χ0) is 11.3. The molecule has 0 spiro atoms. The topological polar surface area (TPSA) is 37.8 Å². The first-order valence-corrected chi connectivity index (χ1v) is 5.71. The maximum atomic E-state index is 4.44. The van der Waals surface area contributed by atoms with E-state index >= 15 is 0 Å². The number of nitrogens with zero attached hydrogens (tertiary/aromatic N) is 2. The minimum Gasteiger partial charge on any atom is -0.369 e. The highest BCUT2D eigenvalue weighted by Gasteiger charge is 2.04. The molecule has 15 heavy (non-hydrogen) atoms. The Hall–Kier alpha value is -1.12. The van der Waals surface area contributed by atoms with Crippen molar-refractivity contribution in [2.45, 2.75) is 40.5 Å². The van der Waals surface area contributed by atoms with Crippen LogP contribution in [0.5, 0.6) is 0 Å². The summed E-state index contributed by atoms with van der Waals surface area (Å²) in [6.07, 6.45) is 4.23. The highest BCUT2D eigenvalue weighted by Crippen LogP contribution is 2.10. The quantitative estimate of drug-likeness (QED) is 0.806. The van der Waals surface area contributed by atoms with E-state index in [1.54, 1.807) is 0 Å². The number of anilines is 1. The van der Waals surface area contributed by atoms with E-state index in [1.165, 1.54) is 12.8 Å². The van der Waals surface area contributed by atoms with Crippen LogP contribution in [0, 0.1) is 19.8 Å². The number of aryl methyl sites for hydroxylation is 2. The van der Waals surface area contributed by atoms with E-state index in [1.807, 2.05) is 20.0 Å². The predicted octanol–water partition coefficient (Wildman–Crippen LogP) is 2.94. The van der Waals surface area contributed by atoms with E-state index in [9.17, 15) is 0 Å². The highest BCUT2D eigenvalue weighted by atomic mass is 15.0. The summed E-state index contributed by atoms with van der Waals surface area (Å²) in [7, 11) is 0. The van der Waals surface area contributed by atoms with Crippen molar-refractivity contribution in [3.63, 3.8) is 0 Å². The minimum atomic E-state index is 0.730. The molecule has 0 amide bonds. The Bertz CT molecular complexity index is 306. The van der Waals surface area contributed by atoms with Crippen LogP contribution in [0.3, 0.4) is 0 Å². The smallest absolute Gasteiger partial charge is 0.144 e. The first kappa shape index (κ1) is 12.0. The molecule has 3 heteroatoms. The maximum absolute atomic E-state index is 4.44. The molecular weight excluding hydrogens is 186 g/mol. The van der Waals surface area contributed by atoms with Crippen LogP contribution < -0.4 is 5.32 Å². The number of nitrogens with one attached hydrogen (secondary N) is 1. The van der Waals surface area contributed by atoms with E-state index in [4.69, 9.17) is 0 Å². The van der Waals surface area contributed by atoms with Crippen molar-refractivity contribution in [3.05, 3.63) is 17.6 Å². The lowest BCUT2D eigenvalue weighted by Crippen LogP contribution is -2.14. The Morgan fingerprint density at radius 1 is 1.20 bits per heavy atom. The molecule has 0 atom stereocenters. The van der Waals surface area contributed by atoms with Gasteiger partial charge in [0.05, 0.1) is 17.6 Å². The molecule has 0 saturated carbocycles. The molecule has 1 N–H and O–H groups in total. The molecule has 0 saturated heterocycles. The van der Waals surface area contributed by atoms with E-state index in [2.05, 4.69) is 29.1 Å². The Morgan fingerprint density at radius 2 is 1.87 bits per heavy atom. The minimum absolute atomic E-state index is 0.730. The van der Waals surface area contributed by atoms with Crippen LogP contribution in [0.1, 0.15) is 38.1 Å². The molecule has 0 bridgehead atoms. The van der Waals surface area contributed by atoms with Crippen LogP contribution in [-0.2, 0) is 0 Å². The van der Waals surface area contributed by atoms with Crippen molar-refractivity contribution in [1.29, 1.82) is 0 Å². The molecule has 0 radical (unpaired) electrons. The summed E-state index contributed by atoms with van der Waals surface area (Å²) in [5.41, 5.74) is 2.01. The van der Waals surface area contributed by atoms with Crippen molar-refractivity contribution >= 4 is 5.82 Å². The SMILES string of the molecule is CCC(CC)CNc1cnc(C)c(C)n1. The van der Waals surface area contributed by atoms with E-state index < -0.39 is 0 Å². The Morgan fingerprint density at radius 3 is 2.40 bits per heavy atom. The molecule has 1 aromatic rings. The summed E-state index contributed by atoms with van der Waals surface area (Å²) in [5.74, 6) is 1.62. The fraction of sp³-hybridized carbons (Fsp3) is 0.667. The third-order valence-corrected chi connectivity index (χ3v) is 2.92. The van der Waals surface area contributed by atoms with Gasteiger partial charge in [-0.05, 0) is 19.8 Å². The van der Waals surface area contributed by atoms with Crippen molar-refractivity contribution < 1.29 is 0 Å². The monoisotopic (exact) mass is 207 g/mol. The fourth-order valence-corrected chi connectivity index (χ4v) is 1.45. The number of aromatic nitrogens is 2. The molecule has 1 aromatic heterocycles. The van der Waals surface area contributed by atoms with Gasteiger partial charge in [0.2, 0.25) is 0 Å². The largest absolute Gasteiger partial charge is 0.369 e. The first-order chi connectivity index (χ1) is 7.17. The molecule has 1 rings (SSSR count). The standard InChI is InChI=1S/C12H21N3/c1-5-11(6-2)7-14-12-8-13-9(3)10(4)15-12/h8,11H,5-7H2,1-4H3,(H,14,15). The highest BCUT2D eigenvalue weighted by molar-refractivity contribution is 5.33. The Balaban J connectivity index is 2.54. The van der Waals surface area contributed by atoms with Gasteiger partial charge in [0.15, 0.2) is 0 Å². The van der Waals surface area contributed by atoms with Gasteiger partial charge in [-0.2, -0.15) is 0 Å². The number of rotatable bonds is 5. The number of hydrogen-bond acceptors (Lipinski definition) is 3. The normalized spacial score (nSPS) is 10.7. The number of hydrogen-bond donors (Lipinski definition) is 1. The zero-order valence-electron chi connectivity index (χ0n) is 10.2. The van der Waals surface area contributed by atoms with Gasteiger partial charge in [0, 0.05) is 6.54 Å². The third-order valence-electron chi connectivity index (χ3n) is 2.92. The van der Waals surface area contributed by atoms with Crippen LogP contribution >= 0.6 is 0 Å². The lowest BCUT2D eigenvalue weighted by Gasteiger charge is -2.13. The molecule has 0 aliphatic rings. The summed E-state index contributed by atoms with van der Waals surface area (Å²) in [4.78, 5) is 8.72. The summed E-state index contributed by atoms with van der Waals surface area (Å²) < 4.78 is 0. The summed E-state index contributed by atoms with van der Waals surface area (Å²) >= 11 is 0. The van der Waals surface area contributed by atoms with Gasteiger partial charge in [0.25, 0.3) is 0 Å². The Kier molecular flexibility index (Phi) is 4.53. The van der Waals surface area contributed by atoms with Crippen LogP contribution in [-0.4, -0.2) is 16.5 Å². The molecule has 1 heterocycles. The van der Waals surface area contributed by atoms with Crippen molar-refractivity contribution in [2.24, 2.45) is 5.92 Å². The Labute approximate surface area is 92.3 Å². The summed E-state index contributed by atoms with van der Waals surface area (Å²) in [5, 5.41) is 3.34. The average molecular weight is 207 g/mol. The van der Waals surface area contributed by atoms with Gasteiger partial charge >= 0.3 is 0 Å². The predicted molar refractivity (Wildman–Crippen MR) is 64.1 cm³/mol. The van der Waals surface area contributed by atoms with Gasteiger partial charge in [0.1, 0.15) is 5.82 Å². The van der Waals surface area contributed by atoms with E-state index in [0.717, 1.165) is 29.7 Å². The van der Waals surface area contributed by atoms with Gasteiger partial charge in [-0.25, -0.2) is 4.98 Å². The third kappa shape index (κ3) is 3.50.